The average Bonchev–Trinajstić information content (AvgIpc) is 3.36. The molecule has 0 aliphatic carbocycles. The number of aromatic nitrogens is 5. The first-order chi connectivity index (χ1) is 15.9. The summed E-state index contributed by atoms with van der Waals surface area (Å²) in [4.78, 5) is 12.2. The van der Waals surface area contributed by atoms with Crippen LogP contribution >= 0.6 is 11.8 Å². The van der Waals surface area contributed by atoms with E-state index in [1.165, 1.54) is 6.07 Å². The van der Waals surface area contributed by atoms with Crippen LogP contribution in [0, 0.1) is 11.6 Å². The normalized spacial score (nSPS) is 10.9. The molecule has 0 spiro atoms. The molecule has 11 heteroatoms. The molecule has 0 aliphatic rings. The van der Waals surface area contributed by atoms with Gasteiger partial charge in [-0.3, -0.25) is 9.48 Å². The van der Waals surface area contributed by atoms with Gasteiger partial charge in [0.05, 0.1) is 24.1 Å². The van der Waals surface area contributed by atoms with Crippen molar-refractivity contribution in [2.45, 2.75) is 5.16 Å². The quantitative estimate of drug-likeness (QED) is 0.412. The Labute approximate surface area is 192 Å². The van der Waals surface area contributed by atoms with Crippen LogP contribution in [0.3, 0.4) is 0 Å². The molecule has 0 unspecified atom stereocenters. The monoisotopic (exact) mass is 470 g/mol. The summed E-state index contributed by atoms with van der Waals surface area (Å²) >= 11 is 1.15. The van der Waals surface area contributed by atoms with Crippen molar-refractivity contribution >= 4 is 23.4 Å². The SMILES string of the molecule is COc1cccc(-c2nn(C)cc2-c2nnc(SCC(=O)Nc3ccc(F)cc3F)n2C)c1. The van der Waals surface area contributed by atoms with Gasteiger partial charge in [-0.2, -0.15) is 5.10 Å². The Bertz CT molecular complexity index is 1320. The molecule has 4 rings (SSSR count). The summed E-state index contributed by atoms with van der Waals surface area (Å²) in [7, 11) is 5.21. The topological polar surface area (TPSA) is 86.9 Å². The number of halogens is 2. The van der Waals surface area contributed by atoms with Gasteiger partial charge in [0.1, 0.15) is 23.1 Å². The Morgan fingerprint density at radius 1 is 1.15 bits per heavy atom. The summed E-state index contributed by atoms with van der Waals surface area (Å²) in [6.07, 6.45) is 1.84. The predicted octanol–water partition coefficient (Wildman–Crippen LogP) is 3.90. The zero-order chi connectivity index (χ0) is 23.5. The van der Waals surface area contributed by atoms with Gasteiger partial charge in [-0.15, -0.1) is 10.2 Å². The van der Waals surface area contributed by atoms with Gasteiger partial charge < -0.3 is 14.6 Å². The van der Waals surface area contributed by atoms with E-state index in [2.05, 4.69) is 20.6 Å². The Hall–Kier alpha value is -3.73. The molecule has 2 aromatic carbocycles. The van der Waals surface area contributed by atoms with Crippen LogP contribution < -0.4 is 10.1 Å². The second-order valence-electron chi connectivity index (χ2n) is 7.12. The van der Waals surface area contributed by atoms with Crippen LogP contribution in [0.25, 0.3) is 22.6 Å². The van der Waals surface area contributed by atoms with Crippen LogP contribution in [0.5, 0.6) is 5.75 Å². The van der Waals surface area contributed by atoms with E-state index in [1.807, 2.05) is 37.5 Å². The van der Waals surface area contributed by atoms with E-state index in [0.29, 0.717) is 28.5 Å². The smallest absolute Gasteiger partial charge is 0.234 e. The Kier molecular flexibility index (Phi) is 6.40. The van der Waals surface area contributed by atoms with Crippen molar-refractivity contribution < 1.29 is 18.3 Å². The number of benzene rings is 2. The molecule has 4 aromatic rings. The zero-order valence-electron chi connectivity index (χ0n) is 18.0. The van der Waals surface area contributed by atoms with Gasteiger partial charge in [-0.1, -0.05) is 23.9 Å². The molecule has 8 nitrogen and oxygen atoms in total. The minimum absolute atomic E-state index is 0.0292. The van der Waals surface area contributed by atoms with Crippen LogP contribution in [0.15, 0.2) is 53.8 Å². The second kappa shape index (κ2) is 9.41. The highest BCUT2D eigenvalue weighted by Gasteiger charge is 2.20. The van der Waals surface area contributed by atoms with Gasteiger partial charge >= 0.3 is 0 Å². The van der Waals surface area contributed by atoms with Crippen LogP contribution in [-0.2, 0) is 18.9 Å². The molecule has 0 fully saturated rings. The molecule has 2 aromatic heterocycles. The second-order valence-corrected chi connectivity index (χ2v) is 8.07. The van der Waals surface area contributed by atoms with Crippen molar-refractivity contribution in [1.82, 2.24) is 24.5 Å². The average molecular weight is 471 g/mol. The Morgan fingerprint density at radius 3 is 2.73 bits per heavy atom. The largest absolute Gasteiger partial charge is 0.497 e. The maximum atomic E-state index is 13.8. The van der Waals surface area contributed by atoms with Crippen LogP contribution in [0.4, 0.5) is 14.5 Å². The van der Waals surface area contributed by atoms with E-state index >= 15 is 0 Å². The Morgan fingerprint density at radius 2 is 1.97 bits per heavy atom. The van der Waals surface area contributed by atoms with Gasteiger partial charge in [-0.25, -0.2) is 8.78 Å². The number of nitrogens with zero attached hydrogens (tertiary/aromatic N) is 5. The fraction of sp³-hybridized carbons (Fsp3) is 0.182. The van der Waals surface area contributed by atoms with Gasteiger partial charge in [0.15, 0.2) is 11.0 Å². The van der Waals surface area contributed by atoms with E-state index in [9.17, 15) is 13.6 Å². The Balaban J connectivity index is 1.52. The number of carbonyl (C=O) groups is 1. The number of rotatable bonds is 7. The first-order valence-electron chi connectivity index (χ1n) is 9.81. The van der Waals surface area contributed by atoms with Crippen molar-refractivity contribution in [2.75, 3.05) is 18.2 Å². The third kappa shape index (κ3) is 4.87. The summed E-state index contributed by atoms with van der Waals surface area (Å²) in [6, 6.07) is 10.5. The van der Waals surface area contributed by atoms with E-state index in [0.717, 1.165) is 29.0 Å². The lowest BCUT2D eigenvalue weighted by Crippen LogP contribution is -2.15. The van der Waals surface area contributed by atoms with Crippen molar-refractivity contribution in [3.8, 4) is 28.4 Å². The molecular formula is C22H20F2N6O2S. The molecule has 1 amide bonds. The fourth-order valence-electron chi connectivity index (χ4n) is 3.22. The number of ether oxygens (including phenoxy) is 1. The van der Waals surface area contributed by atoms with Crippen molar-refractivity contribution in [3.63, 3.8) is 0 Å². The van der Waals surface area contributed by atoms with Gasteiger partial charge in [0.25, 0.3) is 0 Å². The number of anilines is 1. The predicted molar refractivity (Wildman–Crippen MR) is 121 cm³/mol. The number of thioether (sulfide) groups is 1. The van der Waals surface area contributed by atoms with Gasteiger partial charge in [-0.05, 0) is 24.3 Å². The standard InChI is InChI=1S/C22H20F2N6O2S/c1-29-11-16(20(28-29)13-5-4-6-15(9-13)32-3)21-26-27-22(30(21)2)33-12-19(31)25-18-8-7-14(23)10-17(18)24/h4-11H,12H2,1-3H3,(H,25,31). The van der Waals surface area contributed by atoms with E-state index in [4.69, 9.17) is 4.74 Å². The lowest BCUT2D eigenvalue weighted by molar-refractivity contribution is -0.113. The summed E-state index contributed by atoms with van der Waals surface area (Å²) in [6.45, 7) is 0. The van der Waals surface area contributed by atoms with E-state index in [1.54, 1.807) is 23.4 Å². The highest BCUT2D eigenvalue weighted by atomic mass is 32.2. The van der Waals surface area contributed by atoms with Crippen LogP contribution in [-0.4, -0.2) is 43.3 Å². The molecule has 0 saturated carbocycles. The van der Waals surface area contributed by atoms with Crippen LogP contribution in [0.1, 0.15) is 0 Å². The molecule has 0 bridgehead atoms. The fourth-order valence-corrected chi connectivity index (χ4v) is 3.93. The number of nitrogens with one attached hydrogen (secondary N) is 1. The molecule has 0 aliphatic heterocycles. The molecule has 0 atom stereocenters. The lowest BCUT2D eigenvalue weighted by Gasteiger charge is -2.07. The summed E-state index contributed by atoms with van der Waals surface area (Å²) in [5.41, 5.74) is 2.26. The van der Waals surface area contributed by atoms with Gasteiger partial charge in [0, 0.05) is 31.9 Å². The van der Waals surface area contributed by atoms with Crippen LogP contribution in [0.2, 0.25) is 0 Å². The van der Waals surface area contributed by atoms with Crippen molar-refractivity contribution in [2.24, 2.45) is 14.1 Å². The summed E-state index contributed by atoms with van der Waals surface area (Å²) in [5.74, 6) is -0.742. The minimum Gasteiger partial charge on any atom is -0.497 e. The number of amides is 1. The number of aryl methyl sites for hydroxylation is 1. The zero-order valence-corrected chi connectivity index (χ0v) is 18.9. The van der Waals surface area contributed by atoms with Crippen molar-refractivity contribution in [3.05, 3.63) is 60.3 Å². The first kappa shape index (κ1) is 22.5. The maximum Gasteiger partial charge on any atom is 0.234 e. The first-order valence-corrected chi connectivity index (χ1v) is 10.8. The maximum absolute atomic E-state index is 13.8. The molecule has 170 valence electrons. The third-order valence-corrected chi connectivity index (χ3v) is 5.81. The summed E-state index contributed by atoms with van der Waals surface area (Å²) < 4.78 is 35.6. The number of hydrogen-bond acceptors (Lipinski definition) is 6. The molecular weight excluding hydrogens is 450 g/mol. The molecule has 0 saturated heterocycles. The summed E-state index contributed by atoms with van der Waals surface area (Å²) in [5, 5.41) is 16.0. The lowest BCUT2D eigenvalue weighted by atomic mass is 10.1. The highest BCUT2D eigenvalue weighted by Crippen LogP contribution is 2.32. The van der Waals surface area contributed by atoms with E-state index < -0.39 is 17.5 Å². The van der Waals surface area contributed by atoms with E-state index in [-0.39, 0.29) is 11.4 Å². The molecule has 33 heavy (non-hydrogen) atoms. The number of hydrogen-bond donors (Lipinski definition) is 1. The third-order valence-electron chi connectivity index (χ3n) is 4.79. The molecule has 1 N–H and O–H groups in total. The number of methoxy groups -OCH3 is 1. The van der Waals surface area contributed by atoms with Gasteiger partial charge in [0.2, 0.25) is 5.91 Å². The molecule has 2 heterocycles. The number of carbonyl (C=O) groups excluding carboxylic acids is 1. The van der Waals surface area contributed by atoms with Crippen molar-refractivity contribution in [1.29, 1.82) is 0 Å². The minimum atomic E-state index is -0.837. The molecule has 0 radical (unpaired) electrons. The highest BCUT2D eigenvalue weighted by molar-refractivity contribution is 7.99.